The maximum Gasteiger partial charge on any atom is 0.220 e. The molecule has 0 bridgehead atoms. The van der Waals surface area contributed by atoms with E-state index in [0.29, 0.717) is 13.1 Å². The number of aromatic nitrogens is 1. The summed E-state index contributed by atoms with van der Waals surface area (Å²) >= 11 is 0. The van der Waals surface area contributed by atoms with Gasteiger partial charge in [-0.05, 0) is 55.8 Å². The van der Waals surface area contributed by atoms with E-state index < -0.39 is 0 Å². The number of pyridine rings is 1. The molecule has 1 aromatic carbocycles. The van der Waals surface area contributed by atoms with Crippen LogP contribution in [0.3, 0.4) is 0 Å². The zero-order valence-electron chi connectivity index (χ0n) is 16.1. The second kappa shape index (κ2) is 10.1. The lowest BCUT2D eigenvalue weighted by atomic mass is 10.1. The van der Waals surface area contributed by atoms with Crippen LogP contribution in [0.1, 0.15) is 37.4 Å². The summed E-state index contributed by atoms with van der Waals surface area (Å²) in [6, 6.07) is 13.8. The number of likely N-dealkylation sites (tertiary alicyclic amines) is 1. The molecular formula is C22H29N3O2. The Morgan fingerprint density at radius 2 is 1.85 bits per heavy atom. The van der Waals surface area contributed by atoms with Gasteiger partial charge >= 0.3 is 0 Å². The van der Waals surface area contributed by atoms with Crippen molar-refractivity contribution >= 4 is 5.91 Å². The van der Waals surface area contributed by atoms with Crippen LogP contribution < -0.4 is 4.74 Å². The third kappa shape index (κ3) is 6.36. The average Bonchev–Trinajstić information content (AvgIpc) is 2.70. The van der Waals surface area contributed by atoms with Crippen molar-refractivity contribution in [3.05, 3.63) is 59.9 Å². The first-order chi connectivity index (χ1) is 13.2. The van der Waals surface area contributed by atoms with E-state index in [0.717, 1.165) is 30.2 Å². The van der Waals surface area contributed by atoms with Crippen LogP contribution >= 0.6 is 0 Å². The van der Waals surface area contributed by atoms with Gasteiger partial charge in [-0.3, -0.25) is 14.7 Å². The van der Waals surface area contributed by atoms with Crippen LogP contribution in [-0.4, -0.2) is 46.9 Å². The Labute approximate surface area is 162 Å². The first-order valence-corrected chi connectivity index (χ1v) is 9.80. The number of hydrogen-bond acceptors (Lipinski definition) is 4. The van der Waals surface area contributed by atoms with Crippen LogP contribution in [0, 0.1) is 0 Å². The van der Waals surface area contributed by atoms with E-state index in [-0.39, 0.29) is 5.91 Å². The van der Waals surface area contributed by atoms with Crippen molar-refractivity contribution in [3.8, 4) is 5.75 Å². The summed E-state index contributed by atoms with van der Waals surface area (Å²) in [7, 11) is 0. The summed E-state index contributed by atoms with van der Waals surface area (Å²) < 4.78 is 5.88. The molecule has 3 rings (SSSR count). The van der Waals surface area contributed by atoms with E-state index in [4.69, 9.17) is 4.74 Å². The molecule has 0 aliphatic carbocycles. The minimum atomic E-state index is 0.0440. The van der Waals surface area contributed by atoms with Crippen molar-refractivity contribution in [2.24, 2.45) is 0 Å². The quantitative estimate of drug-likeness (QED) is 0.716. The van der Waals surface area contributed by atoms with Crippen LogP contribution in [0.15, 0.2) is 48.7 Å². The van der Waals surface area contributed by atoms with E-state index in [1.807, 2.05) is 42.5 Å². The highest BCUT2D eigenvalue weighted by molar-refractivity contribution is 5.73. The molecule has 1 amide bonds. The minimum absolute atomic E-state index is 0.0440. The normalized spacial score (nSPS) is 14.7. The van der Waals surface area contributed by atoms with Crippen molar-refractivity contribution in [2.75, 3.05) is 26.2 Å². The number of carbonyl (C=O) groups excluding carboxylic acids is 1. The number of amides is 1. The van der Waals surface area contributed by atoms with E-state index in [1.165, 1.54) is 32.4 Å². The lowest BCUT2D eigenvalue weighted by Gasteiger charge is -2.26. The molecule has 0 spiro atoms. The Morgan fingerprint density at radius 1 is 1.07 bits per heavy atom. The fourth-order valence-corrected chi connectivity index (χ4v) is 3.35. The van der Waals surface area contributed by atoms with Crippen molar-refractivity contribution in [1.29, 1.82) is 0 Å². The summed E-state index contributed by atoms with van der Waals surface area (Å²) in [5.74, 6) is 0.928. The molecule has 0 atom stereocenters. The van der Waals surface area contributed by atoms with Crippen LogP contribution in [0.5, 0.6) is 5.75 Å². The Hall–Kier alpha value is -2.40. The molecular weight excluding hydrogens is 338 g/mol. The SMILES string of the molecule is CC(=O)N(Cc1ccc(OCCN2CCCCC2)cc1)Cc1ccccn1. The summed E-state index contributed by atoms with van der Waals surface area (Å²) in [4.78, 5) is 20.6. The van der Waals surface area contributed by atoms with Crippen LogP contribution in [0.4, 0.5) is 0 Å². The minimum Gasteiger partial charge on any atom is -0.492 e. The predicted octanol–water partition coefficient (Wildman–Crippen LogP) is 3.50. The lowest BCUT2D eigenvalue weighted by molar-refractivity contribution is -0.130. The molecule has 0 unspecified atom stereocenters. The molecule has 2 aromatic rings. The standard InChI is InChI=1S/C22H29N3O2/c1-19(26)25(18-21-7-3-4-12-23-21)17-20-8-10-22(11-9-20)27-16-15-24-13-5-2-6-14-24/h3-4,7-12H,2,5-6,13-18H2,1H3. The maximum absolute atomic E-state index is 12.0. The molecule has 144 valence electrons. The van der Waals surface area contributed by atoms with Crippen molar-refractivity contribution in [1.82, 2.24) is 14.8 Å². The second-order valence-corrected chi connectivity index (χ2v) is 7.09. The number of benzene rings is 1. The number of carbonyl (C=O) groups is 1. The first-order valence-electron chi connectivity index (χ1n) is 9.80. The van der Waals surface area contributed by atoms with Gasteiger partial charge in [0.2, 0.25) is 5.91 Å². The van der Waals surface area contributed by atoms with E-state index in [9.17, 15) is 4.79 Å². The molecule has 5 nitrogen and oxygen atoms in total. The second-order valence-electron chi connectivity index (χ2n) is 7.09. The Bertz CT molecular complexity index is 697. The van der Waals surface area contributed by atoms with Crippen molar-refractivity contribution in [2.45, 2.75) is 39.3 Å². The number of nitrogens with zero attached hydrogens (tertiary/aromatic N) is 3. The number of piperidine rings is 1. The van der Waals surface area contributed by atoms with Gasteiger partial charge in [-0.1, -0.05) is 24.6 Å². The Morgan fingerprint density at radius 3 is 2.52 bits per heavy atom. The van der Waals surface area contributed by atoms with Gasteiger partial charge in [0.05, 0.1) is 12.2 Å². The molecule has 1 saturated heterocycles. The van der Waals surface area contributed by atoms with E-state index in [1.54, 1.807) is 18.0 Å². The first kappa shape index (κ1) is 19.4. The van der Waals surface area contributed by atoms with Gasteiger partial charge in [-0.25, -0.2) is 0 Å². The zero-order chi connectivity index (χ0) is 18.9. The highest BCUT2D eigenvalue weighted by Gasteiger charge is 2.12. The summed E-state index contributed by atoms with van der Waals surface area (Å²) in [5, 5.41) is 0. The molecule has 1 aliphatic rings. The fourth-order valence-electron chi connectivity index (χ4n) is 3.35. The molecule has 0 radical (unpaired) electrons. The van der Waals surface area contributed by atoms with Crippen molar-refractivity contribution in [3.63, 3.8) is 0 Å². The molecule has 27 heavy (non-hydrogen) atoms. The fraction of sp³-hybridized carbons (Fsp3) is 0.455. The summed E-state index contributed by atoms with van der Waals surface area (Å²) in [6.07, 6.45) is 5.72. The van der Waals surface area contributed by atoms with Crippen LogP contribution in [-0.2, 0) is 17.9 Å². The third-order valence-electron chi connectivity index (χ3n) is 4.95. The zero-order valence-corrected chi connectivity index (χ0v) is 16.1. The molecule has 0 saturated carbocycles. The molecule has 2 heterocycles. The number of ether oxygens (including phenoxy) is 1. The topological polar surface area (TPSA) is 45.7 Å². The molecule has 0 N–H and O–H groups in total. The van der Waals surface area contributed by atoms with E-state index >= 15 is 0 Å². The predicted molar refractivity (Wildman–Crippen MR) is 106 cm³/mol. The van der Waals surface area contributed by atoms with Crippen molar-refractivity contribution < 1.29 is 9.53 Å². The van der Waals surface area contributed by atoms with Gasteiger partial charge in [0.25, 0.3) is 0 Å². The van der Waals surface area contributed by atoms with Gasteiger partial charge in [0.1, 0.15) is 12.4 Å². The molecule has 1 fully saturated rings. The Kier molecular flexibility index (Phi) is 7.22. The highest BCUT2D eigenvalue weighted by atomic mass is 16.5. The molecule has 1 aromatic heterocycles. The van der Waals surface area contributed by atoms with Crippen LogP contribution in [0.2, 0.25) is 0 Å². The molecule has 1 aliphatic heterocycles. The smallest absolute Gasteiger partial charge is 0.220 e. The summed E-state index contributed by atoms with van der Waals surface area (Å²) in [5.41, 5.74) is 1.98. The number of hydrogen-bond donors (Lipinski definition) is 0. The largest absolute Gasteiger partial charge is 0.492 e. The third-order valence-corrected chi connectivity index (χ3v) is 4.95. The van der Waals surface area contributed by atoms with Gasteiger partial charge in [0.15, 0.2) is 0 Å². The summed E-state index contributed by atoms with van der Waals surface area (Å²) in [6.45, 7) is 6.78. The van der Waals surface area contributed by atoms with Gasteiger partial charge in [0, 0.05) is 26.2 Å². The maximum atomic E-state index is 12.0. The average molecular weight is 367 g/mol. The van der Waals surface area contributed by atoms with Crippen LogP contribution in [0.25, 0.3) is 0 Å². The van der Waals surface area contributed by atoms with Gasteiger partial charge < -0.3 is 9.64 Å². The monoisotopic (exact) mass is 367 g/mol. The van der Waals surface area contributed by atoms with Gasteiger partial charge in [-0.15, -0.1) is 0 Å². The molecule has 5 heteroatoms. The Balaban J connectivity index is 1.48. The highest BCUT2D eigenvalue weighted by Crippen LogP contribution is 2.15. The van der Waals surface area contributed by atoms with Gasteiger partial charge in [-0.2, -0.15) is 0 Å². The number of rotatable bonds is 8. The lowest BCUT2D eigenvalue weighted by Crippen LogP contribution is -2.33. The van der Waals surface area contributed by atoms with E-state index in [2.05, 4.69) is 9.88 Å².